The van der Waals surface area contributed by atoms with E-state index in [1.165, 1.54) is 17.8 Å². The summed E-state index contributed by atoms with van der Waals surface area (Å²) in [6.45, 7) is 0. The Morgan fingerprint density at radius 1 is 1.05 bits per heavy atom. The largest absolute Gasteiger partial charge is 0.255 e. The average molecular weight is 303 g/mol. The first-order valence-electron chi connectivity index (χ1n) is 6.27. The molecule has 2 aromatic rings. The van der Waals surface area contributed by atoms with Crippen molar-refractivity contribution in [3.63, 3.8) is 0 Å². The van der Waals surface area contributed by atoms with Gasteiger partial charge in [0.15, 0.2) is 16.8 Å². The van der Waals surface area contributed by atoms with Crippen LogP contribution < -0.4 is 5.43 Å². The number of aliphatic imine (C=N–C) groups is 1. The molecule has 0 spiro atoms. The fourth-order valence-electron chi connectivity index (χ4n) is 1.82. The lowest BCUT2D eigenvalue weighted by atomic mass is 10.1. The highest BCUT2D eigenvalue weighted by Gasteiger charge is 2.14. The molecule has 0 aliphatic carbocycles. The minimum atomic E-state index is -0.871. The summed E-state index contributed by atoms with van der Waals surface area (Å²) < 4.78 is 26.1. The molecule has 0 saturated carbocycles. The number of halogens is 2. The van der Waals surface area contributed by atoms with Crippen molar-refractivity contribution in [1.29, 1.82) is 0 Å². The van der Waals surface area contributed by atoms with E-state index in [4.69, 9.17) is 0 Å². The monoisotopic (exact) mass is 303 g/mol. The Morgan fingerprint density at radius 2 is 1.86 bits per heavy atom. The molecule has 0 amide bonds. The van der Waals surface area contributed by atoms with Gasteiger partial charge in [-0.1, -0.05) is 30.0 Å². The van der Waals surface area contributed by atoms with Crippen LogP contribution in [-0.2, 0) is 0 Å². The van der Waals surface area contributed by atoms with Crippen molar-refractivity contribution in [3.8, 4) is 0 Å². The molecule has 1 N–H and O–H groups in total. The Balaban J connectivity index is 1.77. The molecule has 0 bridgehead atoms. The van der Waals surface area contributed by atoms with E-state index in [9.17, 15) is 8.78 Å². The van der Waals surface area contributed by atoms with Crippen LogP contribution in [0, 0.1) is 11.6 Å². The molecule has 0 saturated heterocycles. The van der Waals surface area contributed by atoms with Crippen LogP contribution in [0.3, 0.4) is 0 Å². The Kier molecular flexibility index (Phi) is 3.96. The molecular formula is C15H11F2N3S. The third-order valence-electron chi connectivity index (χ3n) is 2.87. The lowest BCUT2D eigenvalue weighted by Gasteiger charge is -2.14. The Morgan fingerprint density at radius 3 is 2.52 bits per heavy atom. The lowest BCUT2D eigenvalue weighted by Crippen LogP contribution is -2.25. The summed E-state index contributed by atoms with van der Waals surface area (Å²) in [5.41, 5.74) is 4.89. The van der Waals surface area contributed by atoms with E-state index in [0.29, 0.717) is 22.2 Å². The number of nitrogens with zero attached hydrogens (tertiary/aromatic N) is 2. The van der Waals surface area contributed by atoms with Crippen LogP contribution in [0.4, 0.5) is 14.5 Å². The molecule has 0 unspecified atom stereocenters. The van der Waals surface area contributed by atoms with Crippen LogP contribution in [0.1, 0.15) is 5.56 Å². The average Bonchev–Trinajstić information content (AvgIpc) is 2.52. The van der Waals surface area contributed by atoms with Crippen molar-refractivity contribution in [1.82, 2.24) is 5.43 Å². The van der Waals surface area contributed by atoms with Crippen molar-refractivity contribution >= 4 is 28.3 Å². The van der Waals surface area contributed by atoms with E-state index >= 15 is 0 Å². The number of benzene rings is 2. The van der Waals surface area contributed by atoms with Crippen LogP contribution >= 0.6 is 11.8 Å². The Bertz CT molecular complexity index is 714. The summed E-state index contributed by atoms with van der Waals surface area (Å²) in [6.07, 6.45) is 0. The normalized spacial score (nSPS) is 16.5. The summed E-state index contributed by atoms with van der Waals surface area (Å²) in [7, 11) is 0. The van der Waals surface area contributed by atoms with Crippen molar-refractivity contribution in [2.75, 3.05) is 5.75 Å². The van der Waals surface area contributed by atoms with Gasteiger partial charge in [-0.3, -0.25) is 5.43 Å². The third-order valence-corrected chi connectivity index (χ3v) is 3.75. The van der Waals surface area contributed by atoms with Gasteiger partial charge in [-0.15, -0.1) is 0 Å². The van der Waals surface area contributed by atoms with Gasteiger partial charge in [-0.25, -0.2) is 13.8 Å². The van der Waals surface area contributed by atoms with E-state index in [1.807, 2.05) is 30.3 Å². The number of para-hydroxylation sites is 1. The van der Waals surface area contributed by atoms with E-state index in [2.05, 4.69) is 15.5 Å². The first-order valence-corrected chi connectivity index (χ1v) is 7.25. The van der Waals surface area contributed by atoms with Gasteiger partial charge in [0.1, 0.15) is 0 Å². The van der Waals surface area contributed by atoms with Gasteiger partial charge in [0.2, 0.25) is 0 Å². The molecular weight excluding hydrogens is 292 g/mol. The fraction of sp³-hybridized carbons (Fsp3) is 0.0667. The lowest BCUT2D eigenvalue weighted by molar-refractivity contribution is 0.508. The van der Waals surface area contributed by atoms with E-state index in [-0.39, 0.29) is 0 Å². The van der Waals surface area contributed by atoms with Crippen LogP contribution in [0.25, 0.3) is 0 Å². The summed E-state index contributed by atoms with van der Waals surface area (Å²) >= 11 is 1.46. The van der Waals surface area contributed by atoms with Gasteiger partial charge in [0.25, 0.3) is 0 Å². The molecule has 21 heavy (non-hydrogen) atoms. The number of hydrazone groups is 1. The number of rotatable bonds is 2. The van der Waals surface area contributed by atoms with Crippen LogP contribution in [0.2, 0.25) is 0 Å². The molecule has 0 fully saturated rings. The topological polar surface area (TPSA) is 36.8 Å². The number of hydrogen-bond donors (Lipinski definition) is 1. The fourth-order valence-corrected chi connectivity index (χ4v) is 2.60. The molecule has 106 valence electrons. The second kappa shape index (κ2) is 6.05. The molecule has 0 aromatic heterocycles. The highest BCUT2D eigenvalue weighted by atomic mass is 32.2. The Hall–Kier alpha value is -2.21. The summed E-state index contributed by atoms with van der Waals surface area (Å²) in [4.78, 5) is 4.41. The maximum Gasteiger partial charge on any atom is 0.182 e. The standard InChI is InChI=1S/C15H11F2N3S/c16-12-7-6-10(8-13(12)17)14-9-21-15(20-19-14)18-11-4-2-1-3-5-11/h1-8H,9H2,(H,18,20). The van der Waals surface area contributed by atoms with Crippen LogP contribution in [-0.4, -0.2) is 16.6 Å². The molecule has 6 heteroatoms. The zero-order chi connectivity index (χ0) is 14.7. The first kappa shape index (κ1) is 13.8. The smallest absolute Gasteiger partial charge is 0.182 e. The second-order valence-corrected chi connectivity index (χ2v) is 5.30. The minimum absolute atomic E-state index is 0.545. The molecule has 2 aromatic carbocycles. The molecule has 1 aliphatic rings. The third kappa shape index (κ3) is 3.28. The minimum Gasteiger partial charge on any atom is -0.255 e. The summed E-state index contributed by atoms with van der Waals surface area (Å²) in [6, 6.07) is 13.3. The van der Waals surface area contributed by atoms with Gasteiger partial charge in [-0.2, -0.15) is 5.10 Å². The second-order valence-electron chi connectivity index (χ2n) is 4.34. The van der Waals surface area contributed by atoms with Crippen molar-refractivity contribution in [2.45, 2.75) is 0 Å². The first-order chi connectivity index (χ1) is 10.2. The van der Waals surface area contributed by atoms with Crippen LogP contribution in [0.15, 0.2) is 58.6 Å². The van der Waals surface area contributed by atoms with Crippen molar-refractivity contribution in [3.05, 3.63) is 65.7 Å². The van der Waals surface area contributed by atoms with Crippen LogP contribution in [0.5, 0.6) is 0 Å². The molecule has 3 nitrogen and oxygen atoms in total. The predicted molar refractivity (Wildman–Crippen MR) is 82.0 cm³/mol. The van der Waals surface area contributed by atoms with Gasteiger partial charge in [0, 0.05) is 11.3 Å². The van der Waals surface area contributed by atoms with Gasteiger partial charge in [-0.05, 0) is 30.3 Å². The molecule has 1 aliphatic heterocycles. The van der Waals surface area contributed by atoms with E-state index in [0.717, 1.165) is 17.8 Å². The van der Waals surface area contributed by atoms with Crippen molar-refractivity contribution in [2.24, 2.45) is 10.1 Å². The SMILES string of the molecule is Fc1ccc(C2=NNC(=Nc3ccccc3)SC2)cc1F. The summed E-state index contributed by atoms with van der Waals surface area (Å²) in [5, 5.41) is 4.85. The van der Waals surface area contributed by atoms with Gasteiger partial charge < -0.3 is 0 Å². The summed E-state index contributed by atoms with van der Waals surface area (Å²) in [5.74, 6) is -1.19. The zero-order valence-electron chi connectivity index (χ0n) is 10.9. The Labute approximate surface area is 124 Å². The number of thioether (sulfide) groups is 1. The number of nitrogens with one attached hydrogen (secondary N) is 1. The maximum atomic E-state index is 13.2. The highest BCUT2D eigenvalue weighted by Crippen LogP contribution is 2.19. The van der Waals surface area contributed by atoms with E-state index in [1.54, 1.807) is 0 Å². The zero-order valence-corrected chi connectivity index (χ0v) is 11.7. The molecule has 0 radical (unpaired) electrons. The molecule has 1 heterocycles. The predicted octanol–water partition coefficient (Wildman–Crippen LogP) is 3.69. The molecule has 0 atom stereocenters. The van der Waals surface area contributed by atoms with Gasteiger partial charge >= 0.3 is 0 Å². The molecule has 3 rings (SSSR count). The highest BCUT2D eigenvalue weighted by molar-refractivity contribution is 8.14. The number of hydrogen-bond acceptors (Lipinski definition) is 3. The van der Waals surface area contributed by atoms with Crippen molar-refractivity contribution < 1.29 is 8.78 Å². The van der Waals surface area contributed by atoms with E-state index < -0.39 is 11.6 Å². The van der Waals surface area contributed by atoms with Gasteiger partial charge in [0.05, 0.1) is 11.4 Å². The number of amidine groups is 1. The quantitative estimate of drug-likeness (QED) is 0.918. The maximum absolute atomic E-state index is 13.2.